The molecule has 0 bridgehead atoms. The maximum atomic E-state index is 12.3. The number of benzene rings is 1. The number of hydrogen-bond donors (Lipinski definition) is 2. The van der Waals surface area contributed by atoms with Crippen LogP contribution in [0.4, 0.5) is 0 Å². The third-order valence-electron chi connectivity index (χ3n) is 2.72. The fraction of sp³-hybridized carbons (Fsp3) is 0.231. The molecule has 2 rings (SSSR count). The first-order chi connectivity index (χ1) is 9.93. The molecule has 1 aromatic carbocycles. The zero-order valence-electron chi connectivity index (χ0n) is 10.9. The minimum Gasteiger partial charge on any atom is -0.384 e. The number of aliphatic hydroxyl groups is 1. The zero-order valence-corrected chi connectivity index (χ0v) is 11.7. The first-order valence-corrected chi connectivity index (χ1v) is 7.40. The van der Waals surface area contributed by atoms with Gasteiger partial charge in [-0.1, -0.05) is 11.8 Å². The Morgan fingerprint density at radius 3 is 2.24 bits per heavy atom. The summed E-state index contributed by atoms with van der Waals surface area (Å²) >= 11 is 0. The molecule has 0 radical (unpaired) electrons. The molecule has 0 aliphatic carbocycles. The molecule has 7 nitrogen and oxygen atoms in total. The van der Waals surface area contributed by atoms with Crippen LogP contribution in [0.1, 0.15) is 5.56 Å². The normalized spacial score (nSPS) is 16.0. The predicted molar refractivity (Wildman–Crippen MR) is 72.3 cm³/mol. The summed E-state index contributed by atoms with van der Waals surface area (Å²) in [5.74, 6) is 3.78. The summed E-state index contributed by atoms with van der Waals surface area (Å²) in [4.78, 5) is 22.5. The lowest BCUT2D eigenvalue weighted by Gasteiger charge is -2.24. The number of amides is 2. The monoisotopic (exact) mass is 308 g/mol. The molecule has 110 valence electrons. The highest BCUT2D eigenvalue weighted by Crippen LogP contribution is 2.17. The van der Waals surface area contributed by atoms with Crippen LogP contribution in [0, 0.1) is 11.8 Å². The van der Waals surface area contributed by atoms with E-state index >= 15 is 0 Å². The third kappa shape index (κ3) is 3.46. The molecule has 1 aromatic rings. The van der Waals surface area contributed by atoms with Crippen molar-refractivity contribution in [2.24, 2.45) is 0 Å². The first-order valence-electron chi connectivity index (χ1n) is 5.96. The Kier molecular flexibility index (Phi) is 4.37. The van der Waals surface area contributed by atoms with Gasteiger partial charge in [0.05, 0.1) is 18.0 Å². The summed E-state index contributed by atoms with van der Waals surface area (Å²) in [6, 6.07) is 5.66. The van der Waals surface area contributed by atoms with Crippen LogP contribution in [-0.2, 0) is 19.6 Å². The highest BCUT2D eigenvalue weighted by Gasteiger charge is 2.32. The standard InChI is InChI=1S/C13H12N2O5S/c16-7-1-2-10-3-5-11(6-4-10)21(19,20)15-8-12(17)14-13(18)9-15/h3-6,16H,7-9H2,(H,14,17,18). The number of carbonyl (C=O) groups excluding carboxylic acids is 2. The summed E-state index contributed by atoms with van der Waals surface area (Å²) in [6.45, 7) is -1.06. The average Bonchev–Trinajstić information content (AvgIpc) is 2.44. The van der Waals surface area contributed by atoms with Gasteiger partial charge in [0.25, 0.3) is 0 Å². The van der Waals surface area contributed by atoms with Crippen molar-refractivity contribution in [3.05, 3.63) is 29.8 Å². The molecule has 1 fully saturated rings. The lowest BCUT2D eigenvalue weighted by atomic mass is 10.2. The number of aliphatic hydroxyl groups excluding tert-OH is 1. The molecular formula is C13H12N2O5S. The average molecular weight is 308 g/mol. The lowest BCUT2D eigenvalue weighted by molar-refractivity contribution is -0.134. The fourth-order valence-electron chi connectivity index (χ4n) is 1.78. The van der Waals surface area contributed by atoms with Crippen molar-refractivity contribution in [2.75, 3.05) is 19.7 Å². The van der Waals surface area contributed by atoms with Gasteiger partial charge in [0.2, 0.25) is 21.8 Å². The first kappa shape index (κ1) is 15.2. The van der Waals surface area contributed by atoms with E-state index in [2.05, 4.69) is 11.8 Å². The summed E-state index contributed by atoms with van der Waals surface area (Å²) in [5.41, 5.74) is 0.551. The number of piperazine rings is 1. The van der Waals surface area contributed by atoms with Crippen LogP contribution in [-0.4, -0.2) is 49.3 Å². The van der Waals surface area contributed by atoms with Crippen LogP contribution in [0.5, 0.6) is 0 Å². The van der Waals surface area contributed by atoms with Crippen molar-refractivity contribution in [3.63, 3.8) is 0 Å². The van der Waals surface area contributed by atoms with E-state index in [-0.39, 0.29) is 24.6 Å². The van der Waals surface area contributed by atoms with E-state index in [1.807, 2.05) is 5.32 Å². The van der Waals surface area contributed by atoms with Crippen molar-refractivity contribution in [2.45, 2.75) is 4.90 Å². The molecule has 1 aliphatic heterocycles. The van der Waals surface area contributed by atoms with E-state index in [0.29, 0.717) is 5.56 Å². The Labute approximate surface area is 121 Å². The third-order valence-corrected chi connectivity index (χ3v) is 4.53. The molecule has 0 atom stereocenters. The van der Waals surface area contributed by atoms with Crippen molar-refractivity contribution < 1.29 is 23.1 Å². The highest BCUT2D eigenvalue weighted by molar-refractivity contribution is 7.89. The smallest absolute Gasteiger partial charge is 0.244 e. The summed E-state index contributed by atoms with van der Waals surface area (Å²) in [6.07, 6.45) is 0. The van der Waals surface area contributed by atoms with E-state index in [4.69, 9.17) is 5.11 Å². The Morgan fingerprint density at radius 1 is 1.14 bits per heavy atom. The molecule has 1 aliphatic rings. The largest absolute Gasteiger partial charge is 0.384 e. The Hall–Kier alpha value is -2.21. The van der Waals surface area contributed by atoms with Gasteiger partial charge in [-0.05, 0) is 24.3 Å². The van der Waals surface area contributed by atoms with Gasteiger partial charge in [0.1, 0.15) is 6.61 Å². The van der Waals surface area contributed by atoms with Crippen molar-refractivity contribution in [1.82, 2.24) is 9.62 Å². The van der Waals surface area contributed by atoms with E-state index in [0.717, 1.165) is 4.31 Å². The fourth-order valence-corrected chi connectivity index (χ4v) is 3.13. The van der Waals surface area contributed by atoms with Crippen molar-refractivity contribution >= 4 is 21.8 Å². The van der Waals surface area contributed by atoms with Crippen LogP contribution >= 0.6 is 0 Å². The van der Waals surface area contributed by atoms with Crippen LogP contribution in [0.15, 0.2) is 29.2 Å². The van der Waals surface area contributed by atoms with E-state index < -0.39 is 21.8 Å². The Bertz CT molecular complexity index is 712. The molecule has 2 amide bonds. The Balaban J connectivity index is 2.27. The minimum atomic E-state index is -3.91. The SMILES string of the molecule is O=C1CN(S(=O)(=O)c2ccc(C#CCO)cc2)CC(=O)N1. The number of hydrogen-bond acceptors (Lipinski definition) is 5. The molecular weight excluding hydrogens is 296 g/mol. The second-order valence-corrected chi connectivity index (χ2v) is 6.17. The number of imide groups is 1. The van der Waals surface area contributed by atoms with Gasteiger partial charge in [-0.2, -0.15) is 4.31 Å². The van der Waals surface area contributed by atoms with Gasteiger partial charge in [-0.15, -0.1) is 0 Å². The maximum absolute atomic E-state index is 12.3. The molecule has 0 aromatic heterocycles. The van der Waals surface area contributed by atoms with Crippen LogP contribution in [0.2, 0.25) is 0 Å². The number of sulfonamides is 1. The molecule has 1 saturated heterocycles. The van der Waals surface area contributed by atoms with E-state index in [9.17, 15) is 18.0 Å². The van der Waals surface area contributed by atoms with Gasteiger partial charge in [0, 0.05) is 5.56 Å². The van der Waals surface area contributed by atoms with Crippen LogP contribution in [0.25, 0.3) is 0 Å². The van der Waals surface area contributed by atoms with Gasteiger partial charge >= 0.3 is 0 Å². The van der Waals surface area contributed by atoms with Crippen molar-refractivity contribution in [3.8, 4) is 11.8 Å². The molecule has 21 heavy (non-hydrogen) atoms. The van der Waals surface area contributed by atoms with Gasteiger partial charge in [-0.25, -0.2) is 8.42 Å². The number of carbonyl (C=O) groups is 2. The minimum absolute atomic E-state index is 0.0282. The topological polar surface area (TPSA) is 104 Å². The quantitative estimate of drug-likeness (QED) is 0.521. The summed E-state index contributed by atoms with van der Waals surface area (Å²) < 4.78 is 25.5. The number of rotatable bonds is 2. The van der Waals surface area contributed by atoms with Crippen LogP contribution in [0.3, 0.4) is 0 Å². The molecule has 0 unspecified atom stereocenters. The lowest BCUT2D eigenvalue weighted by Crippen LogP contribution is -2.53. The second kappa shape index (κ2) is 6.05. The van der Waals surface area contributed by atoms with E-state index in [1.165, 1.54) is 24.3 Å². The van der Waals surface area contributed by atoms with Gasteiger partial charge in [-0.3, -0.25) is 14.9 Å². The maximum Gasteiger partial charge on any atom is 0.244 e. The zero-order chi connectivity index (χ0) is 15.5. The second-order valence-electron chi connectivity index (χ2n) is 4.23. The number of nitrogens with zero attached hydrogens (tertiary/aromatic N) is 1. The molecule has 0 spiro atoms. The molecule has 2 N–H and O–H groups in total. The molecule has 1 heterocycles. The van der Waals surface area contributed by atoms with Gasteiger partial charge in [0.15, 0.2) is 0 Å². The number of nitrogens with one attached hydrogen (secondary N) is 1. The highest BCUT2D eigenvalue weighted by atomic mass is 32.2. The Morgan fingerprint density at radius 2 is 1.71 bits per heavy atom. The molecule has 8 heteroatoms. The molecule has 0 saturated carbocycles. The summed E-state index contributed by atoms with van der Waals surface area (Å²) in [5, 5.41) is 10.6. The van der Waals surface area contributed by atoms with E-state index in [1.54, 1.807) is 0 Å². The van der Waals surface area contributed by atoms with Gasteiger partial charge < -0.3 is 5.11 Å². The summed E-state index contributed by atoms with van der Waals surface area (Å²) in [7, 11) is -3.91. The van der Waals surface area contributed by atoms with Crippen molar-refractivity contribution in [1.29, 1.82) is 0 Å². The predicted octanol–water partition coefficient (Wildman–Crippen LogP) is -1.32. The van der Waals surface area contributed by atoms with Crippen LogP contribution < -0.4 is 5.32 Å².